The van der Waals surface area contributed by atoms with E-state index in [1.165, 1.54) is 0 Å². The van der Waals surface area contributed by atoms with Crippen LogP contribution >= 0.6 is 0 Å². The predicted octanol–water partition coefficient (Wildman–Crippen LogP) is -0.242. The van der Waals surface area contributed by atoms with E-state index in [9.17, 15) is 9.59 Å². The zero-order chi connectivity index (χ0) is 9.02. The molecule has 0 radical (unpaired) electrons. The molecular formula is C7H12N2O2. The van der Waals surface area contributed by atoms with Gasteiger partial charge in [0.25, 0.3) is 5.91 Å². The van der Waals surface area contributed by atoms with Crippen LogP contribution in [0.3, 0.4) is 0 Å². The summed E-state index contributed by atoms with van der Waals surface area (Å²) in [5.41, 5.74) is 4.77. The molecule has 3 N–H and O–H groups in total. The molecule has 0 heterocycles. The van der Waals surface area contributed by atoms with Crippen LogP contribution in [0.5, 0.6) is 0 Å². The van der Waals surface area contributed by atoms with Gasteiger partial charge in [0.2, 0.25) is 5.91 Å². The van der Waals surface area contributed by atoms with Crippen molar-refractivity contribution in [1.29, 1.82) is 0 Å². The number of primary amides is 1. The first-order chi connectivity index (χ1) is 4.95. The summed E-state index contributed by atoms with van der Waals surface area (Å²) >= 11 is 0. The van der Waals surface area contributed by atoms with E-state index in [0.717, 1.165) is 0 Å². The molecule has 0 aromatic heterocycles. The molecule has 62 valence electrons. The van der Waals surface area contributed by atoms with Crippen molar-refractivity contribution < 1.29 is 9.59 Å². The Balaban J connectivity index is 3.96. The van der Waals surface area contributed by atoms with E-state index in [1.807, 2.05) is 0 Å². The smallest absolute Gasteiger partial charge is 0.264 e. The molecule has 11 heavy (non-hydrogen) atoms. The Morgan fingerprint density at radius 2 is 1.91 bits per heavy atom. The van der Waals surface area contributed by atoms with Crippen LogP contribution in [0.1, 0.15) is 13.8 Å². The molecule has 0 aliphatic heterocycles. The Kier molecular flexibility index (Phi) is 3.30. The van der Waals surface area contributed by atoms with Gasteiger partial charge in [-0.25, -0.2) is 0 Å². The molecule has 2 amide bonds. The number of nitrogens with two attached hydrogens (primary N) is 1. The number of rotatable bonds is 3. The van der Waals surface area contributed by atoms with E-state index in [1.54, 1.807) is 13.8 Å². The molecule has 0 saturated heterocycles. The fraction of sp³-hybridized carbons (Fsp3) is 0.429. The average Bonchev–Trinajstić information content (AvgIpc) is 1.87. The number of carbonyl (C=O) groups is 2. The van der Waals surface area contributed by atoms with E-state index < -0.39 is 5.91 Å². The average molecular weight is 156 g/mol. The summed E-state index contributed by atoms with van der Waals surface area (Å²) in [6, 6.07) is 0. The van der Waals surface area contributed by atoms with E-state index >= 15 is 0 Å². The summed E-state index contributed by atoms with van der Waals surface area (Å²) in [4.78, 5) is 21.2. The van der Waals surface area contributed by atoms with Crippen LogP contribution in [0, 0.1) is 5.92 Å². The van der Waals surface area contributed by atoms with Gasteiger partial charge in [-0.05, 0) is 0 Å². The molecule has 4 nitrogen and oxygen atoms in total. The molecule has 4 heteroatoms. The Morgan fingerprint density at radius 3 is 2.18 bits per heavy atom. The standard InChI is InChI=1S/C7H12N2O2/c1-4(2)7(11)9-5(3)6(8)10/h4H,3H2,1-2H3,(H2,8,10)(H,9,11). The highest BCUT2D eigenvalue weighted by Gasteiger charge is 2.09. The number of nitrogens with one attached hydrogen (secondary N) is 1. The van der Waals surface area contributed by atoms with Gasteiger partial charge in [-0.15, -0.1) is 0 Å². The molecule has 0 aromatic carbocycles. The van der Waals surface area contributed by atoms with Gasteiger partial charge in [0.15, 0.2) is 0 Å². The van der Waals surface area contributed by atoms with Gasteiger partial charge in [0, 0.05) is 5.92 Å². The molecular weight excluding hydrogens is 144 g/mol. The molecule has 0 aliphatic rings. The first-order valence-electron chi connectivity index (χ1n) is 3.24. The lowest BCUT2D eigenvalue weighted by molar-refractivity contribution is -0.125. The van der Waals surface area contributed by atoms with Gasteiger partial charge < -0.3 is 11.1 Å². The Hall–Kier alpha value is -1.32. The maximum atomic E-state index is 10.9. The van der Waals surface area contributed by atoms with Gasteiger partial charge >= 0.3 is 0 Å². The van der Waals surface area contributed by atoms with Crippen molar-refractivity contribution in [2.45, 2.75) is 13.8 Å². The topological polar surface area (TPSA) is 72.2 Å². The van der Waals surface area contributed by atoms with Gasteiger partial charge in [-0.3, -0.25) is 9.59 Å². The lowest BCUT2D eigenvalue weighted by Crippen LogP contribution is -2.32. The fourth-order valence-corrected chi connectivity index (χ4v) is 0.355. The third-order valence-corrected chi connectivity index (χ3v) is 1.10. The largest absolute Gasteiger partial charge is 0.364 e. The van der Waals surface area contributed by atoms with Crippen LogP contribution in [0.4, 0.5) is 0 Å². The highest BCUT2D eigenvalue weighted by Crippen LogP contribution is 1.92. The first-order valence-corrected chi connectivity index (χ1v) is 3.24. The Morgan fingerprint density at radius 1 is 1.45 bits per heavy atom. The Bertz CT molecular complexity index is 197. The fourth-order valence-electron chi connectivity index (χ4n) is 0.355. The zero-order valence-electron chi connectivity index (χ0n) is 6.68. The summed E-state index contributed by atoms with van der Waals surface area (Å²) < 4.78 is 0. The second kappa shape index (κ2) is 3.75. The number of hydrogen-bond acceptors (Lipinski definition) is 2. The maximum Gasteiger partial charge on any atom is 0.264 e. The number of amides is 2. The number of carbonyl (C=O) groups excluding carboxylic acids is 2. The molecule has 0 aliphatic carbocycles. The molecule has 0 spiro atoms. The van der Waals surface area contributed by atoms with Gasteiger partial charge in [0.05, 0.1) is 5.70 Å². The van der Waals surface area contributed by atoms with Crippen molar-refractivity contribution >= 4 is 11.8 Å². The molecule has 0 atom stereocenters. The molecule has 0 rings (SSSR count). The number of hydrogen-bond donors (Lipinski definition) is 2. The zero-order valence-corrected chi connectivity index (χ0v) is 6.68. The summed E-state index contributed by atoms with van der Waals surface area (Å²) in [6.45, 7) is 6.69. The molecule has 0 aromatic rings. The van der Waals surface area contributed by atoms with Crippen molar-refractivity contribution in [3.05, 3.63) is 12.3 Å². The van der Waals surface area contributed by atoms with Crippen LogP contribution in [-0.4, -0.2) is 11.8 Å². The van der Waals surface area contributed by atoms with Gasteiger partial charge in [0.1, 0.15) is 0 Å². The monoisotopic (exact) mass is 156 g/mol. The van der Waals surface area contributed by atoms with Gasteiger partial charge in [-0.1, -0.05) is 20.4 Å². The van der Waals surface area contributed by atoms with E-state index in [4.69, 9.17) is 5.73 Å². The van der Waals surface area contributed by atoms with Crippen molar-refractivity contribution in [3.8, 4) is 0 Å². The molecule has 0 fully saturated rings. The third-order valence-electron chi connectivity index (χ3n) is 1.10. The van der Waals surface area contributed by atoms with E-state index in [-0.39, 0.29) is 17.5 Å². The Labute approximate surface area is 65.5 Å². The van der Waals surface area contributed by atoms with Crippen molar-refractivity contribution in [3.63, 3.8) is 0 Å². The van der Waals surface area contributed by atoms with Crippen molar-refractivity contribution in [1.82, 2.24) is 5.32 Å². The summed E-state index contributed by atoms with van der Waals surface area (Å²) in [5.74, 6) is -1.14. The highest BCUT2D eigenvalue weighted by atomic mass is 16.2. The summed E-state index contributed by atoms with van der Waals surface area (Å²) in [5, 5.41) is 2.27. The van der Waals surface area contributed by atoms with Crippen molar-refractivity contribution in [2.24, 2.45) is 11.7 Å². The lowest BCUT2D eigenvalue weighted by Gasteiger charge is -2.06. The van der Waals surface area contributed by atoms with Crippen LogP contribution in [0.15, 0.2) is 12.3 Å². The van der Waals surface area contributed by atoms with Crippen LogP contribution in [0.2, 0.25) is 0 Å². The maximum absolute atomic E-state index is 10.9. The van der Waals surface area contributed by atoms with Gasteiger partial charge in [-0.2, -0.15) is 0 Å². The second-order valence-electron chi connectivity index (χ2n) is 2.49. The normalized spacial score (nSPS) is 9.36. The quantitative estimate of drug-likeness (QED) is 0.553. The minimum Gasteiger partial charge on any atom is -0.364 e. The van der Waals surface area contributed by atoms with Crippen LogP contribution in [-0.2, 0) is 9.59 Å². The van der Waals surface area contributed by atoms with Crippen LogP contribution < -0.4 is 11.1 Å². The van der Waals surface area contributed by atoms with E-state index in [0.29, 0.717) is 0 Å². The van der Waals surface area contributed by atoms with Crippen LogP contribution in [0.25, 0.3) is 0 Å². The van der Waals surface area contributed by atoms with Crippen molar-refractivity contribution in [2.75, 3.05) is 0 Å². The van der Waals surface area contributed by atoms with E-state index in [2.05, 4.69) is 11.9 Å². The lowest BCUT2D eigenvalue weighted by atomic mass is 10.2. The highest BCUT2D eigenvalue weighted by molar-refractivity contribution is 5.96. The molecule has 0 bridgehead atoms. The minimum atomic E-state index is -0.709. The third kappa shape index (κ3) is 3.40. The molecule has 0 unspecified atom stereocenters. The second-order valence-corrected chi connectivity index (χ2v) is 2.49. The SMILES string of the molecule is C=C(NC(=O)C(C)C)C(N)=O. The predicted molar refractivity (Wildman–Crippen MR) is 41.3 cm³/mol. The molecule has 0 saturated carbocycles. The first kappa shape index (κ1) is 9.68. The minimum absolute atomic E-state index is 0.0660. The summed E-state index contributed by atoms with van der Waals surface area (Å²) in [7, 11) is 0. The summed E-state index contributed by atoms with van der Waals surface area (Å²) in [6.07, 6.45) is 0.